The van der Waals surface area contributed by atoms with E-state index in [1.54, 1.807) is 24.3 Å². The summed E-state index contributed by atoms with van der Waals surface area (Å²) in [4.78, 5) is 0. The van der Waals surface area contributed by atoms with Gasteiger partial charge in [-0.15, -0.1) is 0 Å². The first-order chi connectivity index (χ1) is 13.1. The fourth-order valence-corrected chi connectivity index (χ4v) is 2.83. The van der Waals surface area contributed by atoms with Gasteiger partial charge in [0.05, 0.1) is 0 Å². The van der Waals surface area contributed by atoms with Crippen molar-refractivity contribution in [2.75, 3.05) is 0 Å². The van der Waals surface area contributed by atoms with E-state index in [-0.39, 0.29) is 5.75 Å². The molecule has 3 heteroatoms. The Kier molecular flexibility index (Phi) is 12.2. The molecular formula is C24H34F2O. The van der Waals surface area contributed by atoms with E-state index in [9.17, 15) is 8.78 Å². The molecular weight excluding hydrogens is 342 g/mol. The van der Waals surface area contributed by atoms with E-state index in [4.69, 9.17) is 0 Å². The maximum Gasteiger partial charge on any atom is 0.387 e. The SMILES string of the molecule is CCCCCCCC.CCCc1ccc(-c2ccc(OC(F)F)cc2)cc1. The minimum absolute atomic E-state index is 0.182. The Bertz CT molecular complexity index is 585. The third kappa shape index (κ3) is 10.1. The first-order valence-corrected chi connectivity index (χ1v) is 10.2. The molecule has 2 aromatic rings. The second kappa shape index (κ2) is 14.2. The lowest BCUT2D eigenvalue weighted by Gasteiger charge is -2.07. The summed E-state index contributed by atoms with van der Waals surface area (Å²) in [6, 6.07) is 15.0. The van der Waals surface area contributed by atoms with Crippen molar-refractivity contribution in [3.05, 3.63) is 54.1 Å². The number of alkyl halides is 2. The number of benzene rings is 2. The molecule has 2 aromatic carbocycles. The molecule has 0 aromatic heterocycles. The van der Waals surface area contributed by atoms with Crippen LogP contribution in [-0.4, -0.2) is 6.61 Å². The second-order valence-corrected chi connectivity index (χ2v) is 6.76. The summed E-state index contributed by atoms with van der Waals surface area (Å²) in [7, 11) is 0. The lowest BCUT2D eigenvalue weighted by atomic mass is 10.0. The highest BCUT2D eigenvalue weighted by Crippen LogP contribution is 2.23. The monoisotopic (exact) mass is 376 g/mol. The van der Waals surface area contributed by atoms with E-state index < -0.39 is 6.61 Å². The lowest BCUT2D eigenvalue weighted by molar-refractivity contribution is -0.0498. The number of hydrogen-bond donors (Lipinski definition) is 0. The maximum absolute atomic E-state index is 12.0. The van der Waals surface area contributed by atoms with Gasteiger partial charge in [0, 0.05) is 0 Å². The molecule has 150 valence electrons. The van der Waals surface area contributed by atoms with Crippen LogP contribution < -0.4 is 4.74 Å². The van der Waals surface area contributed by atoms with Gasteiger partial charge < -0.3 is 4.74 Å². The van der Waals surface area contributed by atoms with Gasteiger partial charge in [-0.3, -0.25) is 0 Å². The van der Waals surface area contributed by atoms with Crippen LogP contribution in [0.2, 0.25) is 0 Å². The number of unbranched alkanes of at least 4 members (excludes halogenated alkanes) is 5. The van der Waals surface area contributed by atoms with E-state index >= 15 is 0 Å². The second-order valence-electron chi connectivity index (χ2n) is 6.76. The fraction of sp³-hybridized carbons (Fsp3) is 0.500. The van der Waals surface area contributed by atoms with Gasteiger partial charge in [0.1, 0.15) is 5.75 Å². The molecule has 0 spiro atoms. The highest BCUT2D eigenvalue weighted by atomic mass is 19.3. The average molecular weight is 377 g/mol. The van der Waals surface area contributed by atoms with Crippen LogP contribution in [0.25, 0.3) is 11.1 Å². The Morgan fingerprint density at radius 1 is 0.667 bits per heavy atom. The van der Waals surface area contributed by atoms with Gasteiger partial charge in [0.15, 0.2) is 0 Å². The fourth-order valence-electron chi connectivity index (χ4n) is 2.83. The number of hydrogen-bond acceptors (Lipinski definition) is 1. The molecule has 0 amide bonds. The van der Waals surface area contributed by atoms with Gasteiger partial charge in [-0.25, -0.2) is 0 Å². The number of ether oxygens (including phenoxy) is 1. The summed E-state index contributed by atoms with van der Waals surface area (Å²) in [6.07, 6.45) is 10.7. The van der Waals surface area contributed by atoms with E-state index in [1.807, 2.05) is 12.1 Å². The van der Waals surface area contributed by atoms with Crippen LogP contribution in [0.15, 0.2) is 48.5 Å². The van der Waals surface area contributed by atoms with Gasteiger partial charge in [-0.1, -0.05) is 102 Å². The normalized spacial score (nSPS) is 10.4. The molecule has 0 saturated heterocycles. The van der Waals surface area contributed by atoms with Crippen molar-refractivity contribution in [2.24, 2.45) is 0 Å². The standard InChI is InChI=1S/C16H16F2O.C8H18/c1-2-3-12-4-6-13(7-5-12)14-8-10-15(11-9-14)19-16(17)18;1-3-5-7-8-6-4-2/h4-11,16H,2-3H2,1H3;3-8H2,1-2H3. The molecule has 2 rings (SSSR count). The maximum atomic E-state index is 12.0. The van der Waals surface area contributed by atoms with Crippen molar-refractivity contribution in [3.63, 3.8) is 0 Å². The Morgan fingerprint density at radius 2 is 1.15 bits per heavy atom. The molecule has 1 nitrogen and oxygen atoms in total. The van der Waals surface area contributed by atoms with Gasteiger partial charge >= 0.3 is 6.61 Å². The van der Waals surface area contributed by atoms with Crippen molar-refractivity contribution in [2.45, 2.75) is 78.7 Å². The Labute approximate surface area is 163 Å². The van der Waals surface area contributed by atoms with Crippen LogP contribution >= 0.6 is 0 Å². The summed E-state index contributed by atoms with van der Waals surface area (Å²) in [5.41, 5.74) is 3.37. The van der Waals surface area contributed by atoms with E-state index in [2.05, 4.69) is 37.6 Å². The molecule has 0 fully saturated rings. The number of rotatable bonds is 10. The Balaban J connectivity index is 0.000000387. The van der Waals surface area contributed by atoms with Crippen molar-refractivity contribution >= 4 is 0 Å². The number of halogens is 2. The zero-order valence-corrected chi connectivity index (χ0v) is 17.0. The van der Waals surface area contributed by atoms with Crippen LogP contribution in [0.3, 0.4) is 0 Å². The molecule has 0 saturated carbocycles. The van der Waals surface area contributed by atoms with Gasteiger partial charge in [-0.2, -0.15) is 8.78 Å². The summed E-state index contributed by atoms with van der Waals surface area (Å²) in [5.74, 6) is 0.182. The van der Waals surface area contributed by atoms with Gasteiger partial charge in [0.25, 0.3) is 0 Å². The minimum atomic E-state index is -2.78. The van der Waals surface area contributed by atoms with Crippen LogP contribution in [0, 0.1) is 0 Å². The first kappa shape index (κ1) is 23.1. The largest absolute Gasteiger partial charge is 0.435 e. The summed E-state index contributed by atoms with van der Waals surface area (Å²) in [5, 5.41) is 0. The lowest BCUT2D eigenvalue weighted by Crippen LogP contribution is -2.01. The zero-order chi connectivity index (χ0) is 19.9. The summed E-state index contributed by atoms with van der Waals surface area (Å²) < 4.78 is 28.4. The zero-order valence-electron chi connectivity index (χ0n) is 17.0. The molecule has 0 bridgehead atoms. The molecule has 0 aliphatic carbocycles. The Hall–Kier alpha value is -1.90. The highest BCUT2D eigenvalue weighted by molar-refractivity contribution is 5.64. The van der Waals surface area contributed by atoms with Crippen LogP contribution in [0.4, 0.5) is 8.78 Å². The molecule has 0 atom stereocenters. The first-order valence-electron chi connectivity index (χ1n) is 10.2. The van der Waals surface area contributed by atoms with Gasteiger partial charge in [0.2, 0.25) is 0 Å². The highest BCUT2D eigenvalue weighted by Gasteiger charge is 2.04. The van der Waals surface area contributed by atoms with E-state index in [1.165, 1.54) is 44.1 Å². The minimum Gasteiger partial charge on any atom is -0.435 e. The molecule has 0 heterocycles. The van der Waals surface area contributed by atoms with E-state index in [0.29, 0.717) is 0 Å². The molecule has 0 N–H and O–H groups in total. The summed E-state index contributed by atoms with van der Waals surface area (Å²) in [6.45, 7) is 3.88. The van der Waals surface area contributed by atoms with Crippen molar-refractivity contribution in [3.8, 4) is 16.9 Å². The van der Waals surface area contributed by atoms with Crippen LogP contribution in [-0.2, 0) is 6.42 Å². The smallest absolute Gasteiger partial charge is 0.387 e. The van der Waals surface area contributed by atoms with Crippen molar-refractivity contribution in [1.82, 2.24) is 0 Å². The molecule has 0 unspecified atom stereocenters. The van der Waals surface area contributed by atoms with Crippen LogP contribution in [0.5, 0.6) is 5.75 Å². The van der Waals surface area contributed by atoms with Crippen LogP contribution in [0.1, 0.15) is 71.3 Å². The quantitative estimate of drug-likeness (QED) is 0.379. The molecule has 0 aliphatic rings. The molecule has 0 aliphatic heterocycles. The Morgan fingerprint density at radius 3 is 1.56 bits per heavy atom. The molecule has 0 radical (unpaired) electrons. The van der Waals surface area contributed by atoms with Gasteiger partial charge in [-0.05, 0) is 35.2 Å². The van der Waals surface area contributed by atoms with Crippen molar-refractivity contribution in [1.29, 1.82) is 0 Å². The average Bonchev–Trinajstić information content (AvgIpc) is 2.67. The third-order valence-electron chi connectivity index (χ3n) is 4.36. The predicted octanol–water partition coefficient (Wildman–Crippen LogP) is 8.27. The third-order valence-corrected chi connectivity index (χ3v) is 4.36. The summed E-state index contributed by atoms with van der Waals surface area (Å²) >= 11 is 0. The predicted molar refractivity (Wildman–Crippen MR) is 112 cm³/mol. The van der Waals surface area contributed by atoms with E-state index in [0.717, 1.165) is 24.0 Å². The van der Waals surface area contributed by atoms with Crippen molar-refractivity contribution < 1.29 is 13.5 Å². The number of aryl methyl sites for hydroxylation is 1. The molecule has 27 heavy (non-hydrogen) atoms. The topological polar surface area (TPSA) is 9.23 Å².